The third-order valence-electron chi connectivity index (χ3n) is 8.25. The molecule has 0 heterocycles. The number of hydrogen-bond acceptors (Lipinski definition) is 1. The molecule has 40 heavy (non-hydrogen) atoms. The van der Waals surface area contributed by atoms with Gasteiger partial charge in [-0.3, -0.25) is 0 Å². The molecule has 0 bridgehead atoms. The van der Waals surface area contributed by atoms with E-state index in [2.05, 4.69) is 170 Å². The first-order valence-corrected chi connectivity index (χ1v) is 14.0. The van der Waals surface area contributed by atoms with Gasteiger partial charge in [0.15, 0.2) is 0 Å². The quantitative estimate of drug-likeness (QED) is 0.222. The molecule has 7 rings (SSSR count). The third kappa shape index (κ3) is 4.03. The van der Waals surface area contributed by atoms with E-state index in [1.54, 1.807) is 0 Å². The van der Waals surface area contributed by atoms with Crippen LogP contribution in [0, 0.1) is 0 Å². The maximum absolute atomic E-state index is 2.40. The maximum Gasteiger partial charge on any atom is 0.0468 e. The van der Waals surface area contributed by atoms with Crippen LogP contribution in [0.2, 0.25) is 0 Å². The number of para-hydroxylation sites is 1. The highest BCUT2D eigenvalue weighted by Gasteiger charge is 2.37. The SMILES string of the molecule is CC1(C)c2ccc(N(c3ccccc3)c3cccc(-c4ccccc4)c3)cc2-c2c(-c3ccccc3)cccc21. The van der Waals surface area contributed by atoms with Crippen LogP contribution in [0.15, 0.2) is 152 Å². The summed E-state index contributed by atoms with van der Waals surface area (Å²) in [6, 6.07) is 54.7. The van der Waals surface area contributed by atoms with Gasteiger partial charge in [0.25, 0.3) is 0 Å². The van der Waals surface area contributed by atoms with Crippen molar-refractivity contribution < 1.29 is 0 Å². The Morgan fingerprint density at radius 2 is 0.975 bits per heavy atom. The number of benzene rings is 6. The van der Waals surface area contributed by atoms with Crippen molar-refractivity contribution in [1.82, 2.24) is 0 Å². The van der Waals surface area contributed by atoms with E-state index >= 15 is 0 Å². The van der Waals surface area contributed by atoms with E-state index in [9.17, 15) is 0 Å². The Morgan fingerprint density at radius 3 is 1.70 bits per heavy atom. The van der Waals surface area contributed by atoms with Crippen LogP contribution in [-0.2, 0) is 5.41 Å². The number of rotatable bonds is 5. The zero-order chi connectivity index (χ0) is 27.1. The maximum atomic E-state index is 2.40. The average molecular weight is 514 g/mol. The molecule has 1 heteroatoms. The molecule has 0 fully saturated rings. The van der Waals surface area contributed by atoms with E-state index in [0.717, 1.165) is 17.1 Å². The fourth-order valence-electron chi connectivity index (χ4n) is 6.27. The fraction of sp³-hybridized carbons (Fsp3) is 0.0769. The molecule has 192 valence electrons. The minimum atomic E-state index is -0.0706. The van der Waals surface area contributed by atoms with Crippen molar-refractivity contribution in [2.24, 2.45) is 0 Å². The van der Waals surface area contributed by atoms with E-state index < -0.39 is 0 Å². The van der Waals surface area contributed by atoms with Crippen LogP contribution < -0.4 is 4.90 Å². The Hall–Kier alpha value is -4.88. The molecule has 0 atom stereocenters. The summed E-state index contributed by atoms with van der Waals surface area (Å²) in [5.74, 6) is 0. The second kappa shape index (κ2) is 9.70. The molecule has 1 aliphatic carbocycles. The van der Waals surface area contributed by atoms with Crippen LogP contribution in [0.5, 0.6) is 0 Å². The summed E-state index contributed by atoms with van der Waals surface area (Å²) in [4.78, 5) is 2.38. The normalized spacial score (nSPS) is 12.9. The summed E-state index contributed by atoms with van der Waals surface area (Å²) in [6.45, 7) is 4.70. The fourth-order valence-corrected chi connectivity index (χ4v) is 6.27. The molecule has 0 spiro atoms. The molecule has 0 radical (unpaired) electrons. The van der Waals surface area contributed by atoms with Gasteiger partial charge in [0.05, 0.1) is 0 Å². The number of anilines is 3. The van der Waals surface area contributed by atoms with Gasteiger partial charge in [0.2, 0.25) is 0 Å². The molecule has 1 aliphatic rings. The van der Waals surface area contributed by atoms with Gasteiger partial charge in [-0.25, -0.2) is 0 Å². The van der Waals surface area contributed by atoms with Gasteiger partial charge >= 0.3 is 0 Å². The lowest BCUT2D eigenvalue weighted by atomic mass is 9.82. The summed E-state index contributed by atoms with van der Waals surface area (Å²) in [7, 11) is 0. The highest BCUT2D eigenvalue weighted by molar-refractivity contribution is 5.94. The van der Waals surface area contributed by atoms with E-state index in [4.69, 9.17) is 0 Å². The van der Waals surface area contributed by atoms with Gasteiger partial charge in [-0.15, -0.1) is 0 Å². The van der Waals surface area contributed by atoms with Crippen molar-refractivity contribution in [1.29, 1.82) is 0 Å². The predicted molar refractivity (Wildman–Crippen MR) is 170 cm³/mol. The van der Waals surface area contributed by atoms with Gasteiger partial charge in [-0.1, -0.05) is 129 Å². The number of nitrogens with zero attached hydrogens (tertiary/aromatic N) is 1. The molecule has 0 amide bonds. The monoisotopic (exact) mass is 513 g/mol. The molecule has 6 aromatic carbocycles. The van der Waals surface area contributed by atoms with Gasteiger partial charge < -0.3 is 4.90 Å². The second-order valence-electron chi connectivity index (χ2n) is 11.0. The molecule has 0 unspecified atom stereocenters. The largest absolute Gasteiger partial charge is 0.310 e. The lowest BCUT2D eigenvalue weighted by Crippen LogP contribution is -2.15. The molecule has 1 nitrogen and oxygen atoms in total. The van der Waals surface area contributed by atoms with Crippen LogP contribution in [0.1, 0.15) is 25.0 Å². The van der Waals surface area contributed by atoms with Crippen molar-refractivity contribution in [2.75, 3.05) is 4.90 Å². The van der Waals surface area contributed by atoms with E-state index in [0.29, 0.717) is 0 Å². The van der Waals surface area contributed by atoms with Crippen molar-refractivity contribution in [2.45, 2.75) is 19.3 Å². The minimum absolute atomic E-state index is 0.0706. The first-order valence-electron chi connectivity index (χ1n) is 14.0. The highest BCUT2D eigenvalue weighted by Crippen LogP contribution is 2.53. The first kappa shape index (κ1) is 24.2. The van der Waals surface area contributed by atoms with Crippen LogP contribution in [0.3, 0.4) is 0 Å². The molecule has 0 N–H and O–H groups in total. The molecular formula is C39H31N. The summed E-state index contributed by atoms with van der Waals surface area (Å²) in [5.41, 5.74) is 13.8. The van der Waals surface area contributed by atoms with Gasteiger partial charge in [-0.05, 0) is 80.9 Å². The summed E-state index contributed by atoms with van der Waals surface area (Å²) in [6.07, 6.45) is 0. The predicted octanol–water partition coefficient (Wildman–Crippen LogP) is 10.8. The van der Waals surface area contributed by atoms with Crippen molar-refractivity contribution >= 4 is 17.1 Å². The van der Waals surface area contributed by atoms with Crippen molar-refractivity contribution in [3.8, 4) is 33.4 Å². The van der Waals surface area contributed by atoms with Gasteiger partial charge in [0.1, 0.15) is 0 Å². The lowest BCUT2D eigenvalue weighted by molar-refractivity contribution is 0.660. The second-order valence-corrected chi connectivity index (χ2v) is 11.0. The van der Waals surface area contributed by atoms with Gasteiger partial charge in [0, 0.05) is 22.5 Å². The Kier molecular flexibility index (Phi) is 5.86. The van der Waals surface area contributed by atoms with Gasteiger partial charge in [-0.2, -0.15) is 0 Å². The third-order valence-corrected chi connectivity index (χ3v) is 8.25. The lowest BCUT2D eigenvalue weighted by Gasteiger charge is -2.27. The average Bonchev–Trinajstić information content (AvgIpc) is 3.25. The van der Waals surface area contributed by atoms with Crippen LogP contribution in [0.25, 0.3) is 33.4 Å². The molecule has 6 aromatic rings. The van der Waals surface area contributed by atoms with Crippen molar-refractivity contribution in [3.63, 3.8) is 0 Å². The first-order chi connectivity index (χ1) is 19.6. The van der Waals surface area contributed by atoms with E-state index in [1.165, 1.54) is 44.5 Å². The Balaban J connectivity index is 1.43. The topological polar surface area (TPSA) is 3.24 Å². The Labute approximate surface area is 237 Å². The highest BCUT2D eigenvalue weighted by atomic mass is 15.1. The number of hydrogen-bond donors (Lipinski definition) is 0. The Bertz CT molecular complexity index is 1800. The van der Waals surface area contributed by atoms with Crippen molar-refractivity contribution in [3.05, 3.63) is 163 Å². The van der Waals surface area contributed by atoms with Crippen LogP contribution in [-0.4, -0.2) is 0 Å². The molecule has 0 saturated carbocycles. The Morgan fingerprint density at radius 1 is 0.400 bits per heavy atom. The van der Waals surface area contributed by atoms with Crippen LogP contribution in [0.4, 0.5) is 17.1 Å². The molecule has 0 saturated heterocycles. The van der Waals surface area contributed by atoms with E-state index in [-0.39, 0.29) is 5.41 Å². The molecular weight excluding hydrogens is 482 g/mol. The zero-order valence-electron chi connectivity index (χ0n) is 22.9. The summed E-state index contributed by atoms with van der Waals surface area (Å²) < 4.78 is 0. The molecule has 0 aromatic heterocycles. The standard InChI is InChI=1S/C39H31N/c1-39(2)36-25-24-33(27-35(36)38-34(22-13-23-37(38)39)29-16-8-4-9-17-29)40(31-19-10-5-11-20-31)32-21-12-18-30(26-32)28-14-6-3-7-15-28/h3-27H,1-2H3. The minimum Gasteiger partial charge on any atom is -0.310 e. The summed E-state index contributed by atoms with van der Waals surface area (Å²) in [5, 5.41) is 0. The van der Waals surface area contributed by atoms with Crippen LogP contribution >= 0.6 is 0 Å². The zero-order valence-corrected chi connectivity index (χ0v) is 22.9. The number of fused-ring (bicyclic) bond motifs is 3. The summed E-state index contributed by atoms with van der Waals surface area (Å²) >= 11 is 0. The molecule has 0 aliphatic heterocycles. The van der Waals surface area contributed by atoms with E-state index in [1.807, 2.05) is 0 Å². The smallest absolute Gasteiger partial charge is 0.0468 e.